The third-order valence-corrected chi connectivity index (χ3v) is 8.51. The molecule has 11 heteroatoms. The van der Waals surface area contributed by atoms with Crippen LogP contribution in [0.1, 0.15) is 53.8 Å². The van der Waals surface area contributed by atoms with Crippen LogP contribution in [0.15, 0.2) is 43.0 Å². The number of hydrogen-bond acceptors (Lipinski definition) is 5. The largest absolute Gasteiger partial charge is 0.417 e. The summed E-state index contributed by atoms with van der Waals surface area (Å²) < 4.78 is 58.5. The van der Waals surface area contributed by atoms with Crippen LogP contribution in [0.4, 0.5) is 23.2 Å². The summed E-state index contributed by atoms with van der Waals surface area (Å²) in [5, 5.41) is 11.0. The van der Waals surface area contributed by atoms with Crippen molar-refractivity contribution in [3.8, 4) is 0 Å². The van der Waals surface area contributed by atoms with Crippen LogP contribution in [-0.4, -0.2) is 69.1 Å². The number of piperidine rings is 1. The van der Waals surface area contributed by atoms with Gasteiger partial charge in [0.1, 0.15) is 11.9 Å². The van der Waals surface area contributed by atoms with Crippen LogP contribution in [0.2, 0.25) is 0 Å². The van der Waals surface area contributed by atoms with Crippen LogP contribution in [0.5, 0.6) is 0 Å². The maximum atomic E-state index is 15.6. The summed E-state index contributed by atoms with van der Waals surface area (Å²) in [6.45, 7) is 7.32. The third-order valence-electron chi connectivity index (χ3n) is 8.51. The molecule has 2 bridgehead atoms. The molecule has 3 aromatic rings. The molecule has 7 nitrogen and oxygen atoms in total. The Morgan fingerprint density at radius 1 is 1.24 bits per heavy atom. The lowest BCUT2D eigenvalue weighted by molar-refractivity contribution is -0.0688. The first kappa shape index (κ1) is 28.8. The monoisotopic (exact) mass is 570 g/mol. The molecule has 2 aliphatic rings. The summed E-state index contributed by atoms with van der Waals surface area (Å²) in [5.74, 6) is -0.330. The van der Waals surface area contributed by atoms with Crippen LogP contribution in [0.3, 0.4) is 0 Å². The minimum absolute atomic E-state index is 0.122. The fraction of sp³-hybridized carbons (Fsp3) is 0.433. The standard InChI is InChI=1S/C30H34F4N6O/c1-17-14-25(40(5)38-17)28(41)35-13-7-8-19-15-21-20(27(36-19)18(2)30(32,33)34)9-6-10-22(21)37-23-16-29(3)12-11-24(26(23)31)39(29)4/h6-10,14-15,23-24,26,37H,2,11-13,16H2,1,3-5H3,(H,35,41)/b8-7+/t23-,24+,26-,29-/m1/s1. The molecule has 0 radical (unpaired) electrons. The van der Waals surface area contributed by atoms with Crippen molar-refractivity contribution in [3.05, 3.63) is 65.8 Å². The van der Waals surface area contributed by atoms with Crippen molar-refractivity contribution in [2.75, 3.05) is 18.9 Å². The smallest absolute Gasteiger partial charge is 0.379 e. The molecule has 0 spiro atoms. The number of benzene rings is 1. The number of aromatic nitrogens is 3. The predicted octanol–water partition coefficient (Wildman–Crippen LogP) is 5.67. The maximum Gasteiger partial charge on any atom is 0.417 e. The number of alkyl halides is 4. The predicted molar refractivity (Wildman–Crippen MR) is 152 cm³/mol. The molecule has 218 valence electrons. The number of carbonyl (C=O) groups is 1. The summed E-state index contributed by atoms with van der Waals surface area (Å²) >= 11 is 0. The van der Waals surface area contributed by atoms with Gasteiger partial charge in [0.15, 0.2) is 0 Å². The Kier molecular flexibility index (Phi) is 7.44. The lowest BCUT2D eigenvalue weighted by Gasteiger charge is -2.46. The zero-order chi connectivity index (χ0) is 29.7. The molecule has 4 atom stereocenters. The van der Waals surface area contributed by atoms with Gasteiger partial charge < -0.3 is 10.6 Å². The van der Waals surface area contributed by atoms with Crippen molar-refractivity contribution in [3.63, 3.8) is 0 Å². The number of anilines is 1. The zero-order valence-electron chi connectivity index (χ0n) is 23.5. The average molecular weight is 571 g/mol. The van der Waals surface area contributed by atoms with Crippen molar-refractivity contribution in [2.45, 2.75) is 63.1 Å². The summed E-state index contributed by atoms with van der Waals surface area (Å²) in [6.07, 6.45) is -0.407. The molecule has 2 N–H and O–H groups in total. The first-order valence-corrected chi connectivity index (χ1v) is 13.6. The molecule has 2 fully saturated rings. The highest BCUT2D eigenvalue weighted by Gasteiger charge is 2.52. The van der Waals surface area contributed by atoms with Crippen molar-refractivity contribution < 1.29 is 22.4 Å². The number of halogens is 4. The van der Waals surface area contributed by atoms with Crippen molar-refractivity contribution in [1.29, 1.82) is 0 Å². The normalized spacial score (nSPS) is 24.7. The summed E-state index contributed by atoms with van der Waals surface area (Å²) in [7, 11) is 3.62. The lowest BCUT2D eigenvalue weighted by atomic mass is 9.86. The number of pyridine rings is 1. The molecule has 5 rings (SSSR count). The number of amides is 1. The van der Waals surface area contributed by atoms with Gasteiger partial charge in [-0.05, 0) is 64.4 Å². The fourth-order valence-electron chi connectivity index (χ4n) is 6.15. The second kappa shape index (κ2) is 10.6. The van der Waals surface area contributed by atoms with Gasteiger partial charge >= 0.3 is 6.18 Å². The number of carbonyl (C=O) groups excluding carboxylic acids is 1. The van der Waals surface area contributed by atoms with E-state index < -0.39 is 24.0 Å². The van der Waals surface area contributed by atoms with E-state index in [1.807, 2.05) is 7.05 Å². The zero-order valence-corrected chi connectivity index (χ0v) is 23.5. The molecular formula is C30H34F4N6O. The van der Waals surface area contributed by atoms with Gasteiger partial charge in [-0.15, -0.1) is 0 Å². The van der Waals surface area contributed by atoms with Crippen molar-refractivity contribution in [1.82, 2.24) is 25.0 Å². The summed E-state index contributed by atoms with van der Waals surface area (Å²) in [4.78, 5) is 18.9. The van der Waals surface area contributed by atoms with Crippen LogP contribution < -0.4 is 10.6 Å². The minimum atomic E-state index is -4.69. The Morgan fingerprint density at radius 3 is 2.68 bits per heavy atom. The second-order valence-corrected chi connectivity index (χ2v) is 11.3. The topological polar surface area (TPSA) is 75.1 Å². The Labute approximate surface area is 236 Å². The van der Waals surface area contributed by atoms with E-state index in [0.29, 0.717) is 28.9 Å². The van der Waals surface area contributed by atoms with Gasteiger partial charge in [0, 0.05) is 41.6 Å². The van der Waals surface area contributed by atoms with E-state index >= 15 is 4.39 Å². The highest BCUT2D eigenvalue weighted by Crippen LogP contribution is 2.45. The number of nitrogens with zero attached hydrogens (tertiary/aromatic N) is 4. The van der Waals surface area contributed by atoms with Crippen LogP contribution in [-0.2, 0) is 7.05 Å². The molecule has 2 aliphatic heterocycles. The summed E-state index contributed by atoms with van der Waals surface area (Å²) in [5.41, 5.74) is 0.390. The SMILES string of the molecule is C=C(c1nc(/C=C/CNC(=O)c2cc(C)nn2C)cc2c(N[C@@H]3C[C@@]4(C)CC[C@@H]([C@@H]3F)N4C)cccc12)C(F)(F)F. The van der Waals surface area contributed by atoms with Gasteiger partial charge in [-0.1, -0.05) is 24.8 Å². The first-order chi connectivity index (χ1) is 19.3. The van der Waals surface area contributed by atoms with E-state index in [1.54, 1.807) is 56.5 Å². The molecular weight excluding hydrogens is 536 g/mol. The van der Waals surface area contributed by atoms with E-state index in [9.17, 15) is 18.0 Å². The van der Waals surface area contributed by atoms with Gasteiger partial charge in [-0.25, -0.2) is 9.37 Å². The molecule has 2 saturated heterocycles. The van der Waals surface area contributed by atoms with E-state index in [1.165, 1.54) is 4.68 Å². The minimum Gasteiger partial charge on any atom is -0.379 e. The van der Waals surface area contributed by atoms with Gasteiger partial charge in [0.2, 0.25) is 0 Å². The molecule has 0 aliphatic carbocycles. The number of fused-ring (bicyclic) bond motifs is 3. The van der Waals surface area contributed by atoms with E-state index in [0.717, 1.165) is 12.8 Å². The fourth-order valence-corrected chi connectivity index (χ4v) is 6.15. The van der Waals surface area contributed by atoms with Gasteiger partial charge in [0.25, 0.3) is 5.91 Å². The Morgan fingerprint density at radius 2 is 2.00 bits per heavy atom. The number of hydrogen-bond donors (Lipinski definition) is 2. The first-order valence-electron chi connectivity index (χ1n) is 13.6. The Balaban J connectivity index is 1.45. The molecule has 4 heterocycles. The molecule has 0 saturated carbocycles. The summed E-state index contributed by atoms with van der Waals surface area (Å²) in [6, 6.07) is 7.60. The van der Waals surface area contributed by atoms with Crippen molar-refractivity contribution in [2.24, 2.45) is 7.05 Å². The van der Waals surface area contributed by atoms with Crippen molar-refractivity contribution >= 4 is 34.0 Å². The molecule has 0 unspecified atom stereocenters. The highest BCUT2D eigenvalue weighted by atomic mass is 19.4. The van der Waals surface area contributed by atoms with Crippen LogP contribution in [0.25, 0.3) is 22.4 Å². The highest BCUT2D eigenvalue weighted by molar-refractivity contribution is 6.01. The van der Waals surface area contributed by atoms with Crippen LogP contribution in [0, 0.1) is 6.92 Å². The molecule has 2 aromatic heterocycles. The Hall–Kier alpha value is -3.73. The van der Waals surface area contributed by atoms with Crippen LogP contribution >= 0.6 is 0 Å². The van der Waals surface area contributed by atoms with E-state index in [-0.39, 0.29) is 40.8 Å². The average Bonchev–Trinajstić information content (AvgIpc) is 3.36. The molecule has 1 aromatic carbocycles. The molecule has 1 amide bonds. The maximum absolute atomic E-state index is 15.6. The number of rotatable bonds is 7. The van der Waals surface area contributed by atoms with Gasteiger partial charge in [0.05, 0.1) is 28.7 Å². The van der Waals surface area contributed by atoms with Gasteiger partial charge in [-0.2, -0.15) is 18.3 Å². The number of aryl methyl sites for hydroxylation is 2. The third kappa shape index (κ3) is 5.47. The quantitative estimate of drug-likeness (QED) is 0.358. The number of nitrogens with one attached hydrogen (secondary N) is 2. The number of allylic oxidation sites excluding steroid dienone is 1. The van der Waals surface area contributed by atoms with E-state index in [2.05, 4.69) is 39.1 Å². The molecule has 41 heavy (non-hydrogen) atoms. The van der Waals surface area contributed by atoms with Gasteiger partial charge in [-0.3, -0.25) is 14.4 Å². The van der Waals surface area contributed by atoms with E-state index in [4.69, 9.17) is 0 Å². The second-order valence-electron chi connectivity index (χ2n) is 11.3. The lowest BCUT2D eigenvalue weighted by Crippen LogP contribution is -2.58. The Bertz CT molecular complexity index is 1530.